The van der Waals surface area contributed by atoms with E-state index in [-0.39, 0.29) is 12.2 Å². The Hall–Kier alpha value is -1.65. The highest BCUT2D eigenvalue weighted by Crippen LogP contribution is 2.09. The van der Waals surface area contributed by atoms with Gasteiger partial charge in [0.2, 0.25) is 0 Å². The van der Waals surface area contributed by atoms with Crippen molar-refractivity contribution >= 4 is 11.0 Å². The molecule has 1 aromatic carbocycles. The van der Waals surface area contributed by atoms with Crippen molar-refractivity contribution in [2.24, 2.45) is 0 Å². The summed E-state index contributed by atoms with van der Waals surface area (Å²) < 4.78 is 5.30. The zero-order valence-electron chi connectivity index (χ0n) is 8.06. The Morgan fingerprint density at radius 1 is 1.33 bits per heavy atom. The number of hydrogen-bond donors (Lipinski definition) is 2. The van der Waals surface area contributed by atoms with Crippen molar-refractivity contribution in [1.82, 2.24) is 5.32 Å². The van der Waals surface area contributed by atoms with Crippen LogP contribution in [0.2, 0.25) is 0 Å². The molecule has 0 radical (unpaired) electrons. The first-order valence-electron chi connectivity index (χ1n) is 4.64. The lowest BCUT2D eigenvalue weighted by Crippen LogP contribution is -2.19. The molecular formula is C11H11NO3. The van der Waals surface area contributed by atoms with E-state index in [1.54, 1.807) is 18.2 Å². The molecule has 0 aliphatic rings. The van der Waals surface area contributed by atoms with Crippen LogP contribution >= 0.6 is 0 Å². The first kappa shape index (κ1) is 9.89. The molecule has 2 N–H and O–H groups in total. The molecule has 1 heterocycles. The van der Waals surface area contributed by atoms with E-state index in [0.29, 0.717) is 23.1 Å². The lowest BCUT2D eigenvalue weighted by Gasteiger charge is -2.01. The summed E-state index contributed by atoms with van der Waals surface area (Å²) in [5, 5.41) is 11.8. The monoisotopic (exact) mass is 205 g/mol. The number of para-hydroxylation sites is 1. The van der Waals surface area contributed by atoms with Gasteiger partial charge in [-0.2, -0.15) is 0 Å². The van der Waals surface area contributed by atoms with Crippen molar-refractivity contribution in [2.75, 3.05) is 6.73 Å². The molecule has 0 saturated carbocycles. The average molecular weight is 205 g/mol. The van der Waals surface area contributed by atoms with Crippen LogP contribution in [0.1, 0.15) is 5.56 Å². The molecule has 0 atom stereocenters. The van der Waals surface area contributed by atoms with Crippen molar-refractivity contribution < 1.29 is 9.52 Å². The second-order valence-corrected chi connectivity index (χ2v) is 3.17. The fourth-order valence-electron chi connectivity index (χ4n) is 1.43. The quantitative estimate of drug-likeness (QED) is 0.728. The Bertz CT molecular complexity index is 518. The largest absolute Gasteiger partial charge is 0.464 e. The molecule has 78 valence electrons. The minimum atomic E-state index is -0.160. The first-order chi connectivity index (χ1) is 7.33. The van der Waals surface area contributed by atoms with Crippen LogP contribution in [-0.2, 0) is 6.54 Å². The molecule has 2 rings (SSSR count). The molecule has 4 heteroatoms. The normalized spacial score (nSPS) is 10.7. The van der Waals surface area contributed by atoms with Crippen molar-refractivity contribution in [3.63, 3.8) is 0 Å². The first-order valence-corrected chi connectivity index (χ1v) is 4.64. The summed E-state index contributed by atoms with van der Waals surface area (Å²) in [6.07, 6.45) is 1.42. The molecule has 1 aromatic heterocycles. The topological polar surface area (TPSA) is 62.5 Å². The Kier molecular flexibility index (Phi) is 2.80. The van der Waals surface area contributed by atoms with Crippen LogP contribution in [0.25, 0.3) is 11.0 Å². The second kappa shape index (κ2) is 4.25. The van der Waals surface area contributed by atoms with E-state index >= 15 is 0 Å². The van der Waals surface area contributed by atoms with Crippen LogP contribution in [-0.4, -0.2) is 11.8 Å². The number of hydrogen-bond acceptors (Lipinski definition) is 4. The lowest BCUT2D eigenvalue weighted by molar-refractivity contribution is 0.259. The molecule has 2 aromatic rings. The van der Waals surface area contributed by atoms with Gasteiger partial charge in [0.15, 0.2) is 5.43 Å². The van der Waals surface area contributed by atoms with Gasteiger partial charge < -0.3 is 9.52 Å². The molecule has 4 nitrogen and oxygen atoms in total. The minimum Gasteiger partial charge on any atom is -0.464 e. The molecule has 0 aliphatic heterocycles. The van der Waals surface area contributed by atoms with Gasteiger partial charge in [-0.15, -0.1) is 0 Å². The van der Waals surface area contributed by atoms with Gasteiger partial charge in [-0.3, -0.25) is 10.1 Å². The fraction of sp³-hybridized carbons (Fsp3) is 0.182. The summed E-state index contributed by atoms with van der Waals surface area (Å²) in [5.74, 6) is 0. The van der Waals surface area contributed by atoms with Crippen LogP contribution in [0.15, 0.2) is 39.7 Å². The number of aliphatic hydroxyl groups excluding tert-OH is 1. The molecule has 0 fully saturated rings. The van der Waals surface area contributed by atoms with Gasteiger partial charge in [-0.25, -0.2) is 0 Å². The molecule has 0 spiro atoms. The highest BCUT2D eigenvalue weighted by Gasteiger charge is 2.04. The number of aliphatic hydroxyl groups is 1. The third kappa shape index (κ3) is 1.91. The molecule has 0 unspecified atom stereocenters. The van der Waals surface area contributed by atoms with Gasteiger partial charge in [0.05, 0.1) is 18.4 Å². The maximum atomic E-state index is 11.9. The van der Waals surface area contributed by atoms with E-state index in [2.05, 4.69) is 5.32 Å². The lowest BCUT2D eigenvalue weighted by atomic mass is 10.2. The molecule has 15 heavy (non-hydrogen) atoms. The summed E-state index contributed by atoms with van der Waals surface area (Å²) in [6, 6.07) is 7.09. The van der Waals surface area contributed by atoms with E-state index in [0.717, 1.165) is 0 Å². The van der Waals surface area contributed by atoms with Gasteiger partial charge >= 0.3 is 0 Å². The Morgan fingerprint density at radius 2 is 2.13 bits per heavy atom. The van der Waals surface area contributed by atoms with Crippen LogP contribution < -0.4 is 10.7 Å². The number of benzene rings is 1. The summed E-state index contributed by atoms with van der Waals surface area (Å²) in [4.78, 5) is 11.9. The Morgan fingerprint density at radius 3 is 2.93 bits per heavy atom. The number of fused-ring (bicyclic) bond motifs is 1. The van der Waals surface area contributed by atoms with Gasteiger partial charge in [-0.05, 0) is 12.1 Å². The van der Waals surface area contributed by atoms with Crippen LogP contribution in [0.3, 0.4) is 0 Å². The van der Waals surface area contributed by atoms with Gasteiger partial charge in [0.1, 0.15) is 5.58 Å². The second-order valence-electron chi connectivity index (χ2n) is 3.17. The molecule has 0 saturated heterocycles. The van der Waals surface area contributed by atoms with E-state index < -0.39 is 0 Å². The molecule has 0 aliphatic carbocycles. The minimum absolute atomic E-state index is 0.0576. The summed E-state index contributed by atoms with van der Waals surface area (Å²) >= 11 is 0. The summed E-state index contributed by atoms with van der Waals surface area (Å²) in [6.45, 7) is 0.149. The average Bonchev–Trinajstić information content (AvgIpc) is 2.29. The third-order valence-electron chi connectivity index (χ3n) is 2.18. The van der Waals surface area contributed by atoms with Crippen molar-refractivity contribution in [2.45, 2.75) is 6.54 Å². The Labute approximate surface area is 86.2 Å². The van der Waals surface area contributed by atoms with E-state index in [1.165, 1.54) is 6.26 Å². The SMILES string of the molecule is O=c1c(CNCO)coc2ccccc12. The van der Waals surface area contributed by atoms with Crippen molar-refractivity contribution in [3.8, 4) is 0 Å². The molecule has 0 bridgehead atoms. The van der Waals surface area contributed by atoms with Crippen molar-refractivity contribution in [3.05, 3.63) is 46.3 Å². The summed E-state index contributed by atoms with van der Waals surface area (Å²) in [7, 11) is 0. The predicted molar refractivity (Wildman–Crippen MR) is 56.4 cm³/mol. The highest BCUT2D eigenvalue weighted by molar-refractivity contribution is 5.76. The van der Waals surface area contributed by atoms with Crippen LogP contribution in [0.4, 0.5) is 0 Å². The number of nitrogens with one attached hydrogen (secondary N) is 1. The molecular weight excluding hydrogens is 194 g/mol. The van der Waals surface area contributed by atoms with E-state index in [1.807, 2.05) is 6.07 Å². The van der Waals surface area contributed by atoms with Gasteiger partial charge in [-0.1, -0.05) is 12.1 Å². The van der Waals surface area contributed by atoms with Crippen molar-refractivity contribution in [1.29, 1.82) is 0 Å². The highest BCUT2D eigenvalue weighted by atomic mass is 16.3. The van der Waals surface area contributed by atoms with Crippen LogP contribution in [0.5, 0.6) is 0 Å². The maximum absolute atomic E-state index is 11.9. The Balaban J connectivity index is 2.51. The molecule has 0 amide bonds. The zero-order valence-corrected chi connectivity index (χ0v) is 8.06. The third-order valence-corrected chi connectivity index (χ3v) is 2.18. The maximum Gasteiger partial charge on any atom is 0.197 e. The van der Waals surface area contributed by atoms with Gasteiger partial charge in [0, 0.05) is 12.1 Å². The summed E-state index contributed by atoms with van der Waals surface area (Å²) in [5.41, 5.74) is 1.04. The zero-order chi connectivity index (χ0) is 10.7. The van der Waals surface area contributed by atoms with Gasteiger partial charge in [0.25, 0.3) is 0 Å². The predicted octanol–water partition coefficient (Wildman–Crippen LogP) is 0.832. The number of rotatable bonds is 3. The van der Waals surface area contributed by atoms with E-state index in [9.17, 15) is 4.79 Å². The fourth-order valence-corrected chi connectivity index (χ4v) is 1.43. The van der Waals surface area contributed by atoms with E-state index in [4.69, 9.17) is 9.52 Å². The smallest absolute Gasteiger partial charge is 0.197 e. The van der Waals surface area contributed by atoms with Crippen LogP contribution in [0, 0.1) is 0 Å². The standard InChI is InChI=1S/C11H11NO3/c13-7-12-5-8-6-15-10-4-2-1-3-9(10)11(8)14/h1-4,6,12-13H,5,7H2.